The number of aliphatic hydroxyl groups is 1. The number of methoxy groups -OCH3 is 2. The van der Waals surface area contributed by atoms with Gasteiger partial charge in [0, 0.05) is 0 Å². The second kappa shape index (κ2) is 7.88. The Morgan fingerprint density at radius 3 is 2.29 bits per heavy atom. The molecule has 0 saturated carbocycles. The van der Waals surface area contributed by atoms with E-state index in [4.69, 9.17) is 9.47 Å². The summed E-state index contributed by atoms with van der Waals surface area (Å²) in [5.41, 5.74) is 0.303. The molecule has 0 aliphatic rings. The second-order valence-corrected chi connectivity index (χ2v) is 5.06. The van der Waals surface area contributed by atoms with Gasteiger partial charge in [0.15, 0.2) is 11.5 Å². The third-order valence-electron chi connectivity index (χ3n) is 3.87. The van der Waals surface area contributed by atoms with Gasteiger partial charge in [0.25, 0.3) is 0 Å². The lowest BCUT2D eigenvalue weighted by Gasteiger charge is -2.30. The van der Waals surface area contributed by atoms with Gasteiger partial charge in [-0.25, -0.2) is 0 Å². The average molecular weight is 295 g/mol. The van der Waals surface area contributed by atoms with Crippen molar-refractivity contribution in [3.8, 4) is 11.5 Å². The first-order valence-electron chi connectivity index (χ1n) is 7.17. The third kappa shape index (κ3) is 4.36. The van der Waals surface area contributed by atoms with E-state index in [1.807, 2.05) is 19.9 Å². The molecule has 1 aromatic carbocycles. The van der Waals surface area contributed by atoms with E-state index in [0.717, 1.165) is 5.56 Å². The molecule has 5 nitrogen and oxygen atoms in total. The molecular weight excluding hydrogens is 270 g/mol. The van der Waals surface area contributed by atoms with E-state index in [0.29, 0.717) is 24.3 Å². The fourth-order valence-electron chi connectivity index (χ4n) is 2.21. The molecule has 118 valence electrons. The Hall–Kier alpha value is -1.75. The molecule has 0 aromatic heterocycles. The second-order valence-electron chi connectivity index (χ2n) is 5.06. The number of ether oxygens (including phenoxy) is 2. The molecule has 1 aromatic rings. The van der Waals surface area contributed by atoms with Crippen LogP contribution in [0.1, 0.15) is 32.3 Å². The number of carbonyl (C=O) groups excluding carboxylic acids is 1. The minimum Gasteiger partial charge on any atom is -0.493 e. The Kier molecular flexibility index (Phi) is 6.49. The number of rotatable bonds is 8. The normalized spacial score (nSPS) is 11.1. The number of nitrogens with one attached hydrogen (secondary N) is 1. The maximum atomic E-state index is 12.2. The zero-order valence-electron chi connectivity index (χ0n) is 13.2. The Morgan fingerprint density at radius 2 is 1.81 bits per heavy atom. The summed E-state index contributed by atoms with van der Waals surface area (Å²) in [5, 5.41) is 12.4. The Morgan fingerprint density at radius 1 is 1.19 bits per heavy atom. The first-order chi connectivity index (χ1) is 10.0. The van der Waals surface area contributed by atoms with Crippen molar-refractivity contribution in [2.24, 2.45) is 0 Å². The van der Waals surface area contributed by atoms with Crippen LogP contribution in [0.15, 0.2) is 18.2 Å². The Bertz CT molecular complexity index is 461. The van der Waals surface area contributed by atoms with Gasteiger partial charge in [0.1, 0.15) is 0 Å². The molecule has 0 fully saturated rings. The fraction of sp³-hybridized carbons (Fsp3) is 0.562. The highest BCUT2D eigenvalue weighted by molar-refractivity contribution is 5.79. The highest BCUT2D eigenvalue weighted by Gasteiger charge is 2.27. The highest BCUT2D eigenvalue weighted by Crippen LogP contribution is 2.27. The SMILES string of the molecule is CCC(CC)(CO)NC(=O)Cc1ccc(OC)c(OC)c1. The van der Waals surface area contributed by atoms with Crippen LogP contribution < -0.4 is 14.8 Å². The van der Waals surface area contributed by atoms with Crippen LogP contribution in [0, 0.1) is 0 Å². The number of amides is 1. The average Bonchev–Trinajstić information content (AvgIpc) is 2.52. The molecule has 0 unspecified atom stereocenters. The fourth-order valence-corrected chi connectivity index (χ4v) is 2.21. The zero-order chi connectivity index (χ0) is 15.9. The summed E-state index contributed by atoms with van der Waals surface area (Å²) >= 11 is 0. The molecule has 0 spiro atoms. The highest BCUT2D eigenvalue weighted by atomic mass is 16.5. The molecule has 0 saturated heterocycles. The molecule has 1 rings (SSSR count). The molecule has 0 bridgehead atoms. The minimum atomic E-state index is -0.534. The topological polar surface area (TPSA) is 67.8 Å². The van der Waals surface area contributed by atoms with Gasteiger partial charge in [-0.05, 0) is 30.5 Å². The molecule has 1 amide bonds. The van der Waals surface area contributed by atoms with Crippen molar-refractivity contribution in [1.29, 1.82) is 0 Å². The minimum absolute atomic E-state index is 0.0579. The number of carbonyl (C=O) groups is 1. The molecular formula is C16H25NO4. The van der Waals surface area contributed by atoms with Gasteiger partial charge < -0.3 is 19.9 Å². The van der Waals surface area contributed by atoms with Crippen LogP contribution in [-0.4, -0.2) is 37.4 Å². The standard InChI is InChI=1S/C16H25NO4/c1-5-16(6-2,11-18)17-15(19)10-12-7-8-13(20-3)14(9-12)21-4/h7-9,18H,5-6,10-11H2,1-4H3,(H,17,19). The van der Waals surface area contributed by atoms with Gasteiger partial charge >= 0.3 is 0 Å². The van der Waals surface area contributed by atoms with Crippen molar-refractivity contribution in [3.05, 3.63) is 23.8 Å². The smallest absolute Gasteiger partial charge is 0.224 e. The van der Waals surface area contributed by atoms with E-state index in [9.17, 15) is 9.90 Å². The first kappa shape index (κ1) is 17.3. The molecule has 0 atom stereocenters. The van der Waals surface area contributed by atoms with Crippen LogP contribution in [0.4, 0.5) is 0 Å². The Balaban J connectivity index is 2.79. The van der Waals surface area contributed by atoms with E-state index in [2.05, 4.69) is 5.32 Å². The summed E-state index contributed by atoms with van der Waals surface area (Å²) in [6.45, 7) is 3.85. The van der Waals surface area contributed by atoms with Gasteiger partial charge in [-0.1, -0.05) is 19.9 Å². The van der Waals surface area contributed by atoms with Gasteiger partial charge in [-0.3, -0.25) is 4.79 Å². The molecule has 0 heterocycles. The lowest BCUT2D eigenvalue weighted by Crippen LogP contribution is -2.51. The zero-order valence-corrected chi connectivity index (χ0v) is 13.2. The summed E-state index contributed by atoms with van der Waals surface area (Å²) in [6, 6.07) is 5.40. The van der Waals surface area contributed by atoms with Crippen molar-refractivity contribution < 1.29 is 19.4 Å². The van der Waals surface area contributed by atoms with Gasteiger partial charge in [-0.2, -0.15) is 0 Å². The van der Waals surface area contributed by atoms with Crippen molar-refractivity contribution in [3.63, 3.8) is 0 Å². The van der Waals surface area contributed by atoms with Gasteiger partial charge in [0.2, 0.25) is 5.91 Å². The summed E-state index contributed by atoms with van der Waals surface area (Å²) < 4.78 is 10.4. The lowest BCUT2D eigenvalue weighted by atomic mass is 9.93. The lowest BCUT2D eigenvalue weighted by molar-refractivity contribution is -0.123. The van der Waals surface area contributed by atoms with E-state index in [1.165, 1.54) is 0 Å². The van der Waals surface area contributed by atoms with Crippen LogP contribution in [0.3, 0.4) is 0 Å². The molecule has 2 N–H and O–H groups in total. The summed E-state index contributed by atoms with van der Waals surface area (Å²) in [4.78, 5) is 12.2. The van der Waals surface area contributed by atoms with Crippen LogP contribution in [0.25, 0.3) is 0 Å². The monoisotopic (exact) mass is 295 g/mol. The third-order valence-corrected chi connectivity index (χ3v) is 3.87. The van der Waals surface area contributed by atoms with E-state index in [-0.39, 0.29) is 18.9 Å². The largest absolute Gasteiger partial charge is 0.493 e. The van der Waals surface area contributed by atoms with Gasteiger partial charge in [0.05, 0.1) is 32.8 Å². The number of hydrogen-bond acceptors (Lipinski definition) is 4. The van der Waals surface area contributed by atoms with E-state index < -0.39 is 5.54 Å². The van der Waals surface area contributed by atoms with Crippen LogP contribution in [-0.2, 0) is 11.2 Å². The number of hydrogen-bond donors (Lipinski definition) is 2. The first-order valence-corrected chi connectivity index (χ1v) is 7.17. The predicted molar refractivity (Wildman–Crippen MR) is 81.8 cm³/mol. The summed E-state index contributed by atoms with van der Waals surface area (Å²) in [5.74, 6) is 1.12. The van der Waals surface area contributed by atoms with Crippen molar-refractivity contribution in [2.45, 2.75) is 38.6 Å². The van der Waals surface area contributed by atoms with E-state index >= 15 is 0 Å². The summed E-state index contributed by atoms with van der Waals surface area (Å²) in [6.07, 6.45) is 1.62. The predicted octanol–water partition coefficient (Wildman–Crippen LogP) is 1.91. The molecule has 0 radical (unpaired) electrons. The maximum absolute atomic E-state index is 12.2. The van der Waals surface area contributed by atoms with Crippen molar-refractivity contribution in [2.75, 3.05) is 20.8 Å². The Labute approximate surface area is 126 Å². The number of aliphatic hydroxyl groups excluding tert-OH is 1. The van der Waals surface area contributed by atoms with E-state index in [1.54, 1.807) is 26.4 Å². The maximum Gasteiger partial charge on any atom is 0.224 e. The molecule has 21 heavy (non-hydrogen) atoms. The quantitative estimate of drug-likeness (QED) is 0.769. The van der Waals surface area contributed by atoms with Crippen LogP contribution in [0.5, 0.6) is 11.5 Å². The van der Waals surface area contributed by atoms with Gasteiger partial charge in [-0.15, -0.1) is 0 Å². The van der Waals surface area contributed by atoms with Crippen molar-refractivity contribution in [1.82, 2.24) is 5.32 Å². The molecule has 0 aliphatic heterocycles. The molecule has 0 aliphatic carbocycles. The number of benzene rings is 1. The van der Waals surface area contributed by atoms with Crippen LogP contribution >= 0.6 is 0 Å². The van der Waals surface area contributed by atoms with Crippen molar-refractivity contribution >= 4 is 5.91 Å². The van der Waals surface area contributed by atoms with Crippen LogP contribution in [0.2, 0.25) is 0 Å². The summed E-state index contributed by atoms with van der Waals surface area (Å²) in [7, 11) is 3.13. The molecule has 5 heteroatoms.